The lowest BCUT2D eigenvalue weighted by Gasteiger charge is -2.35. The number of allylic oxidation sites excluding steroid dienone is 9. The van der Waals surface area contributed by atoms with Crippen LogP contribution in [0, 0.1) is 0 Å². The molecule has 1 aromatic heterocycles. The molecule has 2 nitrogen and oxygen atoms in total. The Kier molecular flexibility index (Phi) is 5.67. The Bertz CT molecular complexity index is 2260. The summed E-state index contributed by atoms with van der Waals surface area (Å²) in [6, 6.07) is 37.8. The number of para-hydroxylation sites is 1. The smallest absolute Gasteiger partial charge is 0.0634 e. The molecule has 0 fully saturated rings. The van der Waals surface area contributed by atoms with Crippen molar-refractivity contribution in [2.24, 2.45) is 0 Å². The molecule has 0 saturated heterocycles. The molecular formula is C42H30N2. The van der Waals surface area contributed by atoms with Crippen LogP contribution in [-0.4, -0.2) is 4.57 Å². The van der Waals surface area contributed by atoms with Gasteiger partial charge < -0.3 is 9.47 Å². The molecule has 0 spiro atoms. The van der Waals surface area contributed by atoms with E-state index >= 15 is 0 Å². The first kappa shape index (κ1) is 24.9. The quantitative estimate of drug-likeness (QED) is 0.207. The second-order valence-electron chi connectivity index (χ2n) is 11.8. The zero-order valence-electron chi connectivity index (χ0n) is 24.3. The van der Waals surface area contributed by atoms with Crippen molar-refractivity contribution in [2.45, 2.75) is 12.8 Å². The van der Waals surface area contributed by atoms with Gasteiger partial charge in [-0.3, -0.25) is 0 Å². The number of rotatable bonds is 4. The molecule has 3 aliphatic rings. The molecule has 1 aliphatic heterocycles. The average molecular weight is 563 g/mol. The van der Waals surface area contributed by atoms with E-state index in [0.29, 0.717) is 0 Å². The van der Waals surface area contributed by atoms with Gasteiger partial charge in [0, 0.05) is 40.5 Å². The molecule has 0 atom stereocenters. The van der Waals surface area contributed by atoms with Gasteiger partial charge in [0.05, 0.1) is 11.2 Å². The summed E-state index contributed by atoms with van der Waals surface area (Å²) in [5, 5.41) is 3.89. The maximum absolute atomic E-state index is 2.54. The van der Waals surface area contributed by atoms with Crippen LogP contribution in [0.15, 0.2) is 158 Å². The van der Waals surface area contributed by atoms with Crippen molar-refractivity contribution < 1.29 is 0 Å². The molecule has 208 valence electrons. The Balaban J connectivity index is 1.36. The van der Waals surface area contributed by atoms with E-state index in [-0.39, 0.29) is 0 Å². The van der Waals surface area contributed by atoms with Crippen molar-refractivity contribution in [1.29, 1.82) is 0 Å². The lowest BCUT2D eigenvalue weighted by Crippen LogP contribution is -2.23. The highest BCUT2D eigenvalue weighted by Gasteiger charge is 2.30. The van der Waals surface area contributed by atoms with E-state index in [2.05, 4.69) is 167 Å². The van der Waals surface area contributed by atoms with Gasteiger partial charge in [0.1, 0.15) is 0 Å². The van der Waals surface area contributed by atoms with Crippen molar-refractivity contribution in [3.63, 3.8) is 0 Å². The lowest BCUT2D eigenvalue weighted by atomic mass is 9.88. The van der Waals surface area contributed by atoms with E-state index in [4.69, 9.17) is 0 Å². The van der Waals surface area contributed by atoms with Gasteiger partial charge in [0.15, 0.2) is 0 Å². The molecule has 2 heteroatoms. The summed E-state index contributed by atoms with van der Waals surface area (Å²) in [5.41, 5.74) is 13.7. The highest BCUT2D eigenvalue weighted by Crippen LogP contribution is 2.50. The molecule has 0 saturated carbocycles. The van der Waals surface area contributed by atoms with Crippen LogP contribution in [-0.2, 0) is 6.42 Å². The predicted octanol–water partition coefficient (Wildman–Crippen LogP) is 11.0. The monoisotopic (exact) mass is 562 g/mol. The Labute approximate surface area is 257 Å². The standard InChI is InChI=1S/C42H30N2/c1-2-6-13-29(12-5-1)33-24-34(30-14-7-3-8-15-30)26-37(25-33)44-36-19-11-16-31-20-21-32-27-40-38(42(44)41(32)39(31)28-36)22-23-43(40)35-17-9-4-10-18-35/h1,3-27H,2,28H2. The molecule has 0 amide bonds. The molecule has 2 heterocycles. The molecule has 0 N–H and O–H groups in total. The summed E-state index contributed by atoms with van der Waals surface area (Å²) in [6.07, 6.45) is 22.0. The molecular weight excluding hydrogens is 532 g/mol. The molecule has 9 rings (SSSR count). The van der Waals surface area contributed by atoms with Crippen LogP contribution >= 0.6 is 0 Å². The summed E-state index contributed by atoms with van der Waals surface area (Å²) < 4.78 is 2.33. The maximum atomic E-state index is 2.54. The van der Waals surface area contributed by atoms with Crippen LogP contribution in [0.3, 0.4) is 0 Å². The van der Waals surface area contributed by atoms with E-state index in [1.54, 1.807) is 0 Å². The van der Waals surface area contributed by atoms with E-state index < -0.39 is 0 Å². The molecule has 5 aromatic carbocycles. The van der Waals surface area contributed by atoms with E-state index in [9.17, 15) is 0 Å². The SMILES string of the molecule is C1=CCC=CC(c2cc(-c3ccccc3)cc(N3C4=CC=Cc5ccc6cc7c(ccn7-c7ccccc7)c3c6c5C4)c2)=C1. The third-order valence-corrected chi connectivity index (χ3v) is 9.16. The van der Waals surface area contributed by atoms with Gasteiger partial charge in [0.25, 0.3) is 0 Å². The van der Waals surface area contributed by atoms with E-state index in [1.165, 1.54) is 77.8 Å². The van der Waals surface area contributed by atoms with Crippen molar-refractivity contribution in [1.82, 2.24) is 4.57 Å². The number of fused-ring (bicyclic) bond motifs is 3. The first-order chi connectivity index (χ1) is 21.8. The van der Waals surface area contributed by atoms with Crippen LogP contribution in [0.2, 0.25) is 0 Å². The molecule has 2 aliphatic carbocycles. The van der Waals surface area contributed by atoms with Crippen molar-refractivity contribution in [3.8, 4) is 16.8 Å². The molecule has 2 bridgehead atoms. The topological polar surface area (TPSA) is 8.17 Å². The number of nitrogens with zero attached hydrogens (tertiary/aromatic N) is 2. The minimum atomic E-state index is 0.897. The van der Waals surface area contributed by atoms with Crippen LogP contribution < -0.4 is 4.90 Å². The van der Waals surface area contributed by atoms with Crippen LogP contribution in [0.1, 0.15) is 23.1 Å². The highest BCUT2D eigenvalue weighted by atomic mass is 15.2. The zero-order valence-corrected chi connectivity index (χ0v) is 24.3. The fraction of sp³-hybridized carbons (Fsp3) is 0.0476. The highest BCUT2D eigenvalue weighted by molar-refractivity contribution is 6.16. The number of anilines is 2. The third-order valence-electron chi connectivity index (χ3n) is 9.16. The molecule has 0 unspecified atom stereocenters. The fourth-order valence-electron chi connectivity index (χ4n) is 7.12. The summed E-state index contributed by atoms with van der Waals surface area (Å²) in [4.78, 5) is 2.54. The summed E-state index contributed by atoms with van der Waals surface area (Å²) in [7, 11) is 0. The largest absolute Gasteiger partial charge is 0.316 e. The van der Waals surface area contributed by atoms with Crippen LogP contribution in [0.5, 0.6) is 0 Å². The van der Waals surface area contributed by atoms with Gasteiger partial charge in [-0.2, -0.15) is 0 Å². The second-order valence-corrected chi connectivity index (χ2v) is 11.8. The average Bonchev–Trinajstić information content (AvgIpc) is 3.21. The van der Waals surface area contributed by atoms with Crippen molar-refractivity contribution in [3.05, 3.63) is 174 Å². The summed E-state index contributed by atoms with van der Waals surface area (Å²) in [5.74, 6) is 0. The van der Waals surface area contributed by atoms with Crippen molar-refractivity contribution in [2.75, 3.05) is 4.90 Å². The van der Waals surface area contributed by atoms with Gasteiger partial charge in [-0.15, -0.1) is 0 Å². The first-order valence-electron chi connectivity index (χ1n) is 15.4. The number of hydrogen-bond donors (Lipinski definition) is 0. The Morgan fingerprint density at radius 1 is 0.614 bits per heavy atom. The maximum Gasteiger partial charge on any atom is 0.0634 e. The first-order valence-corrected chi connectivity index (χ1v) is 15.4. The van der Waals surface area contributed by atoms with Gasteiger partial charge >= 0.3 is 0 Å². The zero-order chi connectivity index (χ0) is 29.0. The van der Waals surface area contributed by atoms with Gasteiger partial charge in [-0.1, -0.05) is 103 Å². The summed E-state index contributed by atoms with van der Waals surface area (Å²) in [6.45, 7) is 0. The van der Waals surface area contributed by atoms with Crippen LogP contribution in [0.4, 0.5) is 11.4 Å². The minimum Gasteiger partial charge on any atom is -0.316 e. The second kappa shape index (κ2) is 10.00. The molecule has 44 heavy (non-hydrogen) atoms. The van der Waals surface area contributed by atoms with Gasteiger partial charge in [-0.05, 0) is 93.7 Å². The predicted molar refractivity (Wildman–Crippen MR) is 186 cm³/mol. The van der Waals surface area contributed by atoms with Gasteiger partial charge in [0.2, 0.25) is 0 Å². The van der Waals surface area contributed by atoms with E-state index in [0.717, 1.165) is 12.8 Å². The summed E-state index contributed by atoms with van der Waals surface area (Å²) >= 11 is 0. The fourth-order valence-corrected chi connectivity index (χ4v) is 7.12. The lowest BCUT2D eigenvalue weighted by molar-refractivity contribution is 1.04. The Morgan fingerprint density at radius 2 is 1.45 bits per heavy atom. The number of benzene rings is 5. The minimum absolute atomic E-state index is 0.897. The van der Waals surface area contributed by atoms with Gasteiger partial charge in [-0.25, -0.2) is 0 Å². The third kappa shape index (κ3) is 3.95. The Hall–Kier alpha value is -5.60. The molecule has 6 aromatic rings. The van der Waals surface area contributed by atoms with Crippen molar-refractivity contribution >= 4 is 44.7 Å². The molecule has 0 radical (unpaired) electrons. The number of aromatic nitrogens is 1. The number of hydrogen-bond acceptors (Lipinski definition) is 1. The normalized spacial score (nSPS) is 15.0. The Morgan fingerprint density at radius 3 is 2.34 bits per heavy atom. The van der Waals surface area contributed by atoms with E-state index in [1.807, 2.05) is 0 Å². The van der Waals surface area contributed by atoms with Crippen LogP contribution in [0.25, 0.3) is 50.1 Å².